The highest BCUT2D eigenvalue weighted by atomic mass is 16.5. The number of benzene rings is 2. The molecule has 0 aliphatic rings. The zero-order valence-corrected chi connectivity index (χ0v) is 22.2. The van der Waals surface area contributed by atoms with Gasteiger partial charge in [0, 0.05) is 23.1 Å². The lowest BCUT2D eigenvalue weighted by Crippen LogP contribution is -2.11. The lowest BCUT2D eigenvalue weighted by Gasteiger charge is -2.09. The Hall–Kier alpha value is -4.40. The van der Waals surface area contributed by atoms with Crippen LogP contribution < -0.4 is 15.1 Å². The minimum absolute atomic E-state index is 0.0730. The zero-order chi connectivity index (χ0) is 28.2. The number of hydrogen-bond donors (Lipinski definition) is 0. The first-order valence-electron chi connectivity index (χ1n) is 12.8. The average Bonchev–Trinajstić information content (AvgIpc) is 2.90. The summed E-state index contributed by atoms with van der Waals surface area (Å²) in [4.78, 5) is 47.8. The standard InChI is InChI=1S/C30H32O9/c1-4-35-27(31)17-22-18-28(32)39-26-19-24(13-14-25(22)26)38-30(34)21-9-11-23(12-10-21)36-15-7-5-6-8-16-37-29(33)20(2)3/h9-14,18-19H,2,4-8,15-17H2,1,3H3. The molecule has 1 heterocycles. The van der Waals surface area contributed by atoms with Gasteiger partial charge in [0.2, 0.25) is 0 Å². The SMILES string of the molecule is C=C(C)C(=O)OCCCCCCOc1ccc(C(=O)Oc2ccc3c(CC(=O)OCC)cc(=O)oc3c2)cc1. The maximum absolute atomic E-state index is 12.6. The lowest BCUT2D eigenvalue weighted by molar-refractivity contribution is -0.142. The van der Waals surface area contributed by atoms with Gasteiger partial charge in [0.05, 0.1) is 31.8 Å². The van der Waals surface area contributed by atoms with Crippen LogP contribution >= 0.6 is 0 Å². The molecule has 0 bridgehead atoms. The second-order valence-corrected chi connectivity index (χ2v) is 8.82. The lowest BCUT2D eigenvalue weighted by atomic mass is 10.1. The molecule has 3 aromatic rings. The second kappa shape index (κ2) is 14.5. The fourth-order valence-electron chi connectivity index (χ4n) is 3.68. The van der Waals surface area contributed by atoms with E-state index in [0.717, 1.165) is 25.7 Å². The van der Waals surface area contributed by atoms with Crippen molar-refractivity contribution in [2.45, 2.75) is 46.0 Å². The van der Waals surface area contributed by atoms with Crippen molar-refractivity contribution < 1.29 is 37.7 Å². The quantitative estimate of drug-likeness (QED) is 0.0903. The molecule has 0 N–H and O–H groups in total. The van der Waals surface area contributed by atoms with Gasteiger partial charge in [-0.3, -0.25) is 4.79 Å². The Balaban J connectivity index is 1.48. The van der Waals surface area contributed by atoms with Gasteiger partial charge in [-0.25, -0.2) is 14.4 Å². The molecule has 3 rings (SSSR count). The molecule has 0 fully saturated rings. The third-order valence-corrected chi connectivity index (χ3v) is 5.63. The van der Waals surface area contributed by atoms with Crippen molar-refractivity contribution >= 4 is 28.9 Å². The molecule has 1 aromatic heterocycles. The number of carbonyl (C=O) groups excluding carboxylic acids is 3. The highest BCUT2D eigenvalue weighted by Crippen LogP contribution is 2.24. The van der Waals surface area contributed by atoms with Crippen LogP contribution in [0.2, 0.25) is 0 Å². The van der Waals surface area contributed by atoms with Crippen molar-refractivity contribution in [3.05, 3.63) is 82.2 Å². The first-order valence-corrected chi connectivity index (χ1v) is 12.8. The molecule has 9 nitrogen and oxygen atoms in total. The van der Waals surface area contributed by atoms with Gasteiger partial charge in [-0.1, -0.05) is 6.58 Å². The van der Waals surface area contributed by atoms with E-state index in [1.807, 2.05) is 0 Å². The van der Waals surface area contributed by atoms with Gasteiger partial charge in [-0.15, -0.1) is 0 Å². The minimum Gasteiger partial charge on any atom is -0.494 e. The van der Waals surface area contributed by atoms with Gasteiger partial charge in [-0.2, -0.15) is 0 Å². The van der Waals surface area contributed by atoms with Crippen LogP contribution in [-0.2, 0) is 25.5 Å². The molecule has 0 amide bonds. The summed E-state index contributed by atoms with van der Waals surface area (Å²) < 4.78 is 26.4. The molecule has 0 unspecified atom stereocenters. The van der Waals surface area contributed by atoms with E-state index in [0.29, 0.717) is 41.0 Å². The maximum Gasteiger partial charge on any atom is 0.343 e. The van der Waals surface area contributed by atoms with Crippen LogP contribution in [0.15, 0.2) is 69.9 Å². The van der Waals surface area contributed by atoms with E-state index in [1.165, 1.54) is 12.1 Å². The Morgan fingerprint density at radius 1 is 0.872 bits per heavy atom. The molecule has 0 aliphatic heterocycles. The Morgan fingerprint density at radius 2 is 1.56 bits per heavy atom. The number of esters is 3. The summed E-state index contributed by atoms with van der Waals surface area (Å²) >= 11 is 0. The predicted octanol–water partition coefficient (Wildman–Crippen LogP) is 5.18. The Labute approximate surface area is 226 Å². The molecular formula is C30H32O9. The van der Waals surface area contributed by atoms with E-state index >= 15 is 0 Å². The molecule has 0 saturated heterocycles. The normalized spacial score (nSPS) is 10.6. The topological polar surface area (TPSA) is 118 Å². The van der Waals surface area contributed by atoms with Crippen LogP contribution in [0.4, 0.5) is 0 Å². The smallest absolute Gasteiger partial charge is 0.343 e. The fraction of sp³-hybridized carbons (Fsp3) is 0.333. The van der Waals surface area contributed by atoms with Crippen molar-refractivity contribution in [2.75, 3.05) is 19.8 Å². The third kappa shape index (κ3) is 9.14. The van der Waals surface area contributed by atoms with E-state index in [-0.39, 0.29) is 30.3 Å². The van der Waals surface area contributed by atoms with Crippen LogP contribution in [0.5, 0.6) is 11.5 Å². The summed E-state index contributed by atoms with van der Waals surface area (Å²) in [6, 6.07) is 12.5. The maximum atomic E-state index is 12.6. The number of carbonyl (C=O) groups is 3. The summed E-state index contributed by atoms with van der Waals surface area (Å²) in [6.45, 7) is 8.01. The van der Waals surface area contributed by atoms with Crippen LogP contribution in [0.3, 0.4) is 0 Å². The Morgan fingerprint density at radius 3 is 2.26 bits per heavy atom. The number of rotatable bonds is 14. The predicted molar refractivity (Wildman–Crippen MR) is 144 cm³/mol. The average molecular weight is 537 g/mol. The highest BCUT2D eigenvalue weighted by molar-refractivity contribution is 5.92. The van der Waals surface area contributed by atoms with Gasteiger partial charge in [0.15, 0.2) is 0 Å². The third-order valence-electron chi connectivity index (χ3n) is 5.63. The zero-order valence-electron chi connectivity index (χ0n) is 22.2. The monoisotopic (exact) mass is 536 g/mol. The van der Waals surface area contributed by atoms with Crippen LogP contribution in [0, 0.1) is 0 Å². The molecule has 2 aromatic carbocycles. The second-order valence-electron chi connectivity index (χ2n) is 8.82. The fourth-order valence-corrected chi connectivity index (χ4v) is 3.68. The van der Waals surface area contributed by atoms with Crippen molar-refractivity contribution in [1.82, 2.24) is 0 Å². The highest BCUT2D eigenvalue weighted by Gasteiger charge is 2.14. The summed E-state index contributed by atoms with van der Waals surface area (Å²) in [6.07, 6.45) is 3.41. The summed E-state index contributed by atoms with van der Waals surface area (Å²) in [5.74, 6) is -0.579. The summed E-state index contributed by atoms with van der Waals surface area (Å²) in [7, 11) is 0. The van der Waals surface area contributed by atoms with E-state index in [1.54, 1.807) is 50.2 Å². The van der Waals surface area contributed by atoms with Crippen molar-refractivity contribution in [1.29, 1.82) is 0 Å². The largest absolute Gasteiger partial charge is 0.494 e. The first kappa shape index (κ1) is 29.2. The molecule has 0 aliphatic carbocycles. The number of fused-ring (bicyclic) bond motifs is 1. The number of hydrogen-bond acceptors (Lipinski definition) is 9. The van der Waals surface area contributed by atoms with Crippen LogP contribution in [-0.4, -0.2) is 37.7 Å². The molecule has 9 heteroatoms. The van der Waals surface area contributed by atoms with Crippen molar-refractivity contribution in [3.8, 4) is 11.5 Å². The Bertz CT molecular complexity index is 1370. The molecule has 0 radical (unpaired) electrons. The van der Waals surface area contributed by atoms with Gasteiger partial charge in [-0.05, 0) is 81.5 Å². The molecule has 0 saturated carbocycles. The van der Waals surface area contributed by atoms with E-state index < -0.39 is 17.6 Å². The summed E-state index contributed by atoms with van der Waals surface area (Å²) in [5, 5.41) is 0.551. The van der Waals surface area contributed by atoms with Crippen molar-refractivity contribution in [2.24, 2.45) is 0 Å². The Kier molecular flexibility index (Phi) is 10.9. The van der Waals surface area contributed by atoms with Crippen LogP contribution in [0.25, 0.3) is 11.0 Å². The van der Waals surface area contributed by atoms with Gasteiger partial charge < -0.3 is 23.4 Å². The van der Waals surface area contributed by atoms with E-state index in [9.17, 15) is 19.2 Å². The van der Waals surface area contributed by atoms with Crippen molar-refractivity contribution in [3.63, 3.8) is 0 Å². The van der Waals surface area contributed by atoms with Crippen LogP contribution in [0.1, 0.15) is 55.5 Å². The van der Waals surface area contributed by atoms with E-state index in [2.05, 4.69) is 6.58 Å². The van der Waals surface area contributed by atoms with Gasteiger partial charge in [0.1, 0.15) is 17.1 Å². The molecule has 0 spiro atoms. The minimum atomic E-state index is -0.620. The number of unbranched alkanes of at least 4 members (excludes halogenated alkanes) is 3. The molecule has 0 atom stereocenters. The summed E-state index contributed by atoms with van der Waals surface area (Å²) in [5.41, 5.74) is 0.768. The molecular weight excluding hydrogens is 504 g/mol. The van der Waals surface area contributed by atoms with Gasteiger partial charge >= 0.3 is 23.5 Å². The van der Waals surface area contributed by atoms with E-state index in [4.69, 9.17) is 23.4 Å². The first-order chi connectivity index (χ1) is 18.8. The van der Waals surface area contributed by atoms with Gasteiger partial charge in [0.25, 0.3) is 0 Å². The molecule has 206 valence electrons. The molecule has 39 heavy (non-hydrogen) atoms. The number of ether oxygens (including phenoxy) is 4.